The molecule has 1 fully saturated rings. The van der Waals surface area contributed by atoms with E-state index in [1.807, 2.05) is 12.1 Å². The molecule has 110 valence electrons. The Morgan fingerprint density at radius 1 is 1.14 bits per heavy atom. The van der Waals surface area contributed by atoms with E-state index in [1.165, 1.54) is 0 Å². The van der Waals surface area contributed by atoms with Crippen LogP contribution in [0.25, 0.3) is 0 Å². The van der Waals surface area contributed by atoms with E-state index in [-0.39, 0.29) is 0 Å². The lowest BCUT2D eigenvalue weighted by atomic mass is 9.59. The van der Waals surface area contributed by atoms with Gasteiger partial charge in [0.25, 0.3) is 0 Å². The molecule has 0 saturated heterocycles. The Bertz CT molecular complexity index is 642. The highest BCUT2D eigenvalue weighted by Crippen LogP contribution is 2.52. The van der Waals surface area contributed by atoms with Crippen molar-refractivity contribution in [2.75, 3.05) is 0 Å². The summed E-state index contributed by atoms with van der Waals surface area (Å²) in [5.41, 5.74) is 0.901. The molecule has 3 nitrogen and oxygen atoms in total. The number of pyridine rings is 1. The summed E-state index contributed by atoms with van der Waals surface area (Å²) < 4.78 is 0. The van der Waals surface area contributed by atoms with Crippen molar-refractivity contribution in [3.05, 3.63) is 63.9 Å². The van der Waals surface area contributed by atoms with Gasteiger partial charge in [-0.15, -0.1) is 0 Å². The van der Waals surface area contributed by atoms with Crippen molar-refractivity contribution in [1.29, 1.82) is 0 Å². The van der Waals surface area contributed by atoms with Crippen molar-refractivity contribution >= 4 is 23.2 Å². The number of hydrogen-bond acceptors (Lipinski definition) is 3. The van der Waals surface area contributed by atoms with E-state index in [9.17, 15) is 10.2 Å². The number of aromatic nitrogens is 1. The molecule has 2 N–H and O–H groups in total. The predicted octanol–water partition coefficient (Wildman–Crippen LogP) is 3.51. The Morgan fingerprint density at radius 2 is 1.90 bits per heavy atom. The summed E-state index contributed by atoms with van der Waals surface area (Å²) in [6.45, 7) is 0. The Morgan fingerprint density at radius 3 is 2.48 bits per heavy atom. The molecule has 1 aliphatic rings. The van der Waals surface area contributed by atoms with Crippen LogP contribution in [-0.4, -0.2) is 21.3 Å². The highest BCUT2D eigenvalue weighted by atomic mass is 35.5. The van der Waals surface area contributed by atoms with E-state index >= 15 is 0 Å². The van der Waals surface area contributed by atoms with Crippen molar-refractivity contribution in [2.24, 2.45) is 0 Å². The standard InChI is InChI=1S/C16H15Cl2NO2/c17-12-5-4-10(7-13(12)18)16(8-11(20)9-16)15(21)14-3-1-2-6-19-14/h1-7,11,15,20-21H,8-9H2/t11-,15-,16-/m1/s1. The fourth-order valence-electron chi connectivity index (χ4n) is 3.02. The third kappa shape index (κ3) is 2.55. The first kappa shape index (κ1) is 14.8. The van der Waals surface area contributed by atoms with E-state index in [2.05, 4.69) is 4.98 Å². The summed E-state index contributed by atoms with van der Waals surface area (Å²) in [6.07, 6.45) is 1.39. The van der Waals surface area contributed by atoms with Gasteiger partial charge in [0, 0.05) is 11.6 Å². The first-order valence-electron chi connectivity index (χ1n) is 6.75. The first-order chi connectivity index (χ1) is 10.0. The molecule has 1 aromatic carbocycles. The quantitative estimate of drug-likeness (QED) is 0.908. The second-order valence-corrected chi connectivity index (χ2v) is 6.32. The predicted molar refractivity (Wildman–Crippen MR) is 82.6 cm³/mol. The van der Waals surface area contributed by atoms with E-state index < -0.39 is 17.6 Å². The molecular formula is C16H15Cl2NO2. The van der Waals surface area contributed by atoms with E-state index in [0.717, 1.165) is 5.56 Å². The van der Waals surface area contributed by atoms with Crippen LogP contribution in [0.4, 0.5) is 0 Å². The Balaban J connectivity index is 2.02. The van der Waals surface area contributed by atoms with Crippen molar-refractivity contribution in [1.82, 2.24) is 4.98 Å². The van der Waals surface area contributed by atoms with Crippen molar-refractivity contribution in [2.45, 2.75) is 30.5 Å². The molecule has 1 aliphatic carbocycles. The van der Waals surface area contributed by atoms with Crippen LogP contribution in [0.2, 0.25) is 10.0 Å². The van der Waals surface area contributed by atoms with Gasteiger partial charge in [0.2, 0.25) is 0 Å². The van der Waals surface area contributed by atoms with Gasteiger partial charge in [0.15, 0.2) is 0 Å². The number of benzene rings is 1. The molecule has 1 atom stereocenters. The minimum atomic E-state index is -0.792. The lowest BCUT2D eigenvalue weighted by molar-refractivity contribution is -0.0591. The molecular weight excluding hydrogens is 309 g/mol. The molecule has 0 spiro atoms. The molecule has 3 rings (SSSR count). The van der Waals surface area contributed by atoms with Crippen molar-refractivity contribution in [3.63, 3.8) is 0 Å². The topological polar surface area (TPSA) is 53.4 Å². The molecule has 1 heterocycles. The SMILES string of the molecule is O[C@H](c1ccccn1)[C@]1(c2ccc(Cl)c(Cl)c2)C[C@@H](O)C1. The van der Waals surface area contributed by atoms with E-state index in [0.29, 0.717) is 28.6 Å². The third-order valence-corrected chi connectivity index (χ3v) is 4.92. The number of nitrogens with zero attached hydrogens (tertiary/aromatic N) is 1. The van der Waals surface area contributed by atoms with Crippen LogP contribution < -0.4 is 0 Å². The summed E-state index contributed by atoms with van der Waals surface area (Å²) in [7, 11) is 0. The van der Waals surface area contributed by atoms with Gasteiger partial charge < -0.3 is 10.2 Å². The summed E-state index contributed by atoms with van der Waals surface area (Å²) >= 11 is 12.1. The largest absolute Gasteiger partial charge is 0.393 e. The number of aliphatic hydroxyl groups excluding tert-OH is 2. The molecule has 21 heavy (non-hydrogen) atoms. The van der Waals surface area contributed by atoms with Gasteiger partial charge in [0.1, 0.15) is 6.10 Å². The average Bonchev–Trinajstić information content (AvgIpc) is 2.47. The molecule has 0 aliphatic heterocycles. The number of rotatable bonds is 3. The van der Waals surface area contributed by atoms with Gasteiger partial charge in [-0.3, -0.25) is 4.98 Å². The number of hydrogen-bond donors (Lipinski definition) is 2. The van der Waals surface area contributed by atoms with Gasteiger partial charge >= 0.3 is 0 Å². The first-order valence-corrected chi connectivity index (χ1v) is 7.51. The van der Waals surface area contributed by atoms with Gasteiger partial charge in [-0.1, -0.05) is 35.3 Å². The average molecular weight is 324 g/mol. The van der Waals surface area contributed by atoms with Crippen LogP contribution in [0, 0.1) is 0 Å². The molecule has 1 saturated carbocycles. The second-order valence-electron chi connectivity index (χ2n) is 5.50. The van der Waals surface area contributed by atoms with Gasteiger partial charge in [0.05, 0.1) is 21.8 Å². The van der Waals surface area contributed by atoms with Crippen LogP contribution in [0.1, 0.15) is 30.2 Å². The monoisotopic (exact) mass is 323 g/mol. The van der Waals surface area contributed by atoms with Gasteiger partial charge in [-0.2, -0.15) is 0 Å². The maximum absolute atomic E-state index is 10.8. The smallest absolute Gasteiger partial charge is 0.106 e. The zero-order valence-corrected chi connectivity index (χ0v) is 12.7. The van der Waals surface area contributed by atoms with E-state index in [4.69, 9.17) is 23.2 Å². The minimum absolute atomic E-state index is 0.419. The normalized spacial score (nSPS) is 26.2. The highest BCUT2D eigenvalue weighted by Gasteiger charge is 2.51. The van der Waals surface area contributed by atoms with Crippen LogP contribution in [0.3, 0.4) is 0 Å². The van der Waals surface area contributed by atoms with Crippen LogP contribution >= 0.6 is 23.2 Å². The molecule has 0 amide bonds. The van der Waals surface area contributed by atoms with E-state index in [1.54, 1.807) is 30.5 Å². The van der Waals surface area contributed by atoms with Crippen molar-refractivity contribution in [3.8, 4) is 0 Å². The zero-order chi connectivity index (χ0) is 15.0. The van der Waals surface area contributed by atoms with Crippen LogP contribution in [0.15, 0.2) is 42.6 Å². The zero-order valence-electron chi connectivity index (χ0n) is 11.2. The maximum Gasteiger partial charge on any atom is 0.106 e. The lowest BCUT2D eigenvalue weighted by Crippen LogP contribution is -2.49. The maximum atomic E-state index is 10.8. The summed E-state index contributed by atoms with van der Waals surface area (Å²) in [4.78, 5) is 4.23. The minimum Gasteiger partial charge on any atom is -0.393 e. The summed E-state index contributed by atoms with van der Waals surface area (Å²) in [6, 6.07) is 10.8. The summed E-state index contributed by atoms with van der Waals surface area (Å²) in [5, 5.41) is 21.5. The van der Waals surface area contributed by atoms with Gasteiger partial charge in [-0.25, -0.2) is 0 Å². The second kappa shape index (κ2) is 5.58. The molecule has 0 bridgehead atoms. The van der Waals surface area contributed by atoms with Crippen molar-refractivity contribution < 1.29 is 10.2 Å². The lowest BCUT2D eigenvalue weighted by Gasteiger charge is -2.48. The molecule has 5 heteroatoms. The summed E-state index contributed by atoms with van der Waals surface area (Å²) in [5.74, 6) is 0. The van der Waals surface area contributed by atoms with Crippen LogP contribution in [0.5, 0.6) is 0 Å². The molecule has 1 aromatic heterocycles. The van der Waals surface area contributed by atoms with Gasteiger partial charge in [-0.05, 0) is 42.7 Å². The fourth-order valence-corrected chi connectivity index (χ4v) is 3.32. The number of aliphatic hydroxyl groups is 2. The molecule has 0 radical (unpaired) electrons. The number of halogens is 2. The molecule has 2 aromatic rings. The molecule has 0 unspecified atom stereocenters. The highest BCUT2D eigenvalue weighted by molar-refractivity contribution is 6.42. The Kier molecular flexibility index (Phi) is 3.93. The fraction of sp³-hybridized carbons (Fsp3) is 0.312. The van der Waals surface area contributed by atoms with Crippen LogP contribution in [-0.2, 0) is 5.41 Å². The Labute approximate surface area is 133 Å². The third-order valence-electron chi connectivity index (χ3n) is 4.19. The Hall–Kier alpha value is -1.13.